The summed E-state index contributed by atoms with van der Waals surface area (Å²) in [5, 5.41) is 0.577. The summed E-state index contributed by atoms with van der Waals surface area (Å²) in [7, 11) is 0. The zero-order chi connectivity index (χ0) is 18.1. The summed E-state index contributed by atoms with van der Waals surface area (Å²) >= 11 is 6.04. The molecule has 0 aliphatic heterocycles. The van der Waals surface area contributed by atoms with E-state index in [2.05, 4.69) is 6.92 Å². The van der Waals surface area contributed by atoms with Crippen LogP contribution in [0.25, 0.3) is 0 Å². The standard InChI is InChI=1S/C21H25ClO3/c1-3-4-5-6-7-14-24-18-12-9-17(10-13-18)21(23)25-19-11-8-16(2)20(22)15-19/h8-13,15H,3-7,14H2,1-2H3. The van der Waals surface area contributed by atoms with Crippen molar-refractivity contribution in [2.24, 2.45) is 0 Å². The molecule has 0 aromatic heterocycles. The molecule has 0 aliphatic carbocycles. The molecule has 0 N–H and O–H groups in total. The lowest BCUT2D eigenvalue weighted by Gasteiger charge is -2.08. The monoisotopic (exact) mass is 360 g/mol. The maximum absolute atomic E-state index is 12.2. The van der Waals surface area contributed by atoms with Crippen LogP contribution in [0.1, 0.15) is 54.9 Å². The molecule has 0 saturated heterocycles. The van der Waals surface area contributed by atoms with Gasteiger partial charge in [0.2, 0.25) is 0 Å². The van der Waals surface area contributed by atoms with Crippen molar-refractivity contribution in [1.29, 1.82) is 0 Å². The molecule has 0 unspecified atom stereocenters. The normalized spacial score (nSPS) is 10.5. The van der Waals surface area contributed by atoms with Crippen molar-refractivity contribution >= 4 is 17.6 Å². The van der Waals surface area contributed by atoms with E-state index in [1.807, 2.05) is 13.0 Å². The minimum Gasteiger partial charge on any atom is -0.494 e. The minimum absolute atomic E-state index is 0.411. The summed E-state index contributed by atoms with van der Waals surface area (Å²) in [5.74, 6) is 0.796. The Morgan fingerprint density at radius 3 is 2.32 bits per heavy atom. The topological polar surface area (TPSA) is 35.5 Å². The lowest BCUT2D eigenvalue weighted by Crippen LogP contribution is -2.08. The summed E-state index contributed by atoms with van der Waals surface area (Å²) in [5.41, 5.74) is 1.42. The first-order valence-corrected chi connectivity index (χ1v) is 9.19. The first-order valence-electron chi connectivity index (χ1n) is 8.81. The maximum atomic E-state index is 12.2. The molecular formula is C21H25ClO3. The molecule has 0 saturated carbocycles. The highest BCUT2D eigenvalue weighted by Crippen LogP contribution is 2.23. The number of ether oxygens (including phenoxy) is 2. The van der Waals surface area contributed by atoms with Gasteiger partial charge >= 0.3 is 5.97 Å². The van der Waals surface area contributed by atoms with Gasteiger partial charge in [0.1, 0.15) is 11.5 Å². The second-order valence-electron chi connectivity index (χ2n) is 6.09. The number of rotatable bonds is 9. The predicted molar refractivity (Wildman–Crippen MR) is 102 cm³/mol. The molecule has 0 aliphatic rings. The largest absolute Gasteiger partial charge is 0.494 e. The van der Waals surface area contributed by atoms with Gasteiger partial charge < -0.3 is 9.47 Å². The van der Waals surface area contributed by atoms with Gasteiger partial charge in [-0.1, -0.05) is 50.3 Å². The van der Waals surface area contributed by atoms with E-state index in [1.165, 1.54) is 25.7 Å². The average molecular weight is 361 g/mol. The second-order valence-corrected chi connectivity index (χ2v) is 6.49. The highest BCUT2D eigenvalue weighted by molar-refractivity contribution is 6.31. The third-order valence-corrected chi connectivity index (χ3v) is 4.37. The van der Waals surface area contributed by atoms with Crippen molar-refractivity contribution in [3.63, 3.8) is 0 Å². The Balaban J connectivity index is 1.82. The zero-order valence-corrected chi connectivity index (χ0v) is 15.6. The molecule has 0 radical (unpaired) electrons. The van der Waals surface area contributed by atoms with Gasteiger partial charge in [0.15, 0.2) is 0 Å². The molecule has 25 heavy (non-hydrogen) atoms. The number of carbonyl (C=O) groups is 1. The van der Waals surface area contributed by atoms with E-state index in [1.54, 1.807) is 36.4 Å². The smallest absolute Gasteiger partial charge is 0.343 e. The van der Waals surface area contributed by atoms with Gasteiger partial charge in [-0.15, -0.1) is 0 Å². The fourth-order valence-electron chi connectivity index (χ4n) is 2.39. The number of benzene rings is 2. The van der Waals surface area contributed by atoms with E-state index in [0.717, 1.165) is 17.7 Å². The minimum atomic E-state index is -0.411. The van der Waals surface area contributed by atoms with Crippen LogP contribution < -0.4 is 9.47 Å². The Morgan fingerprint density at radius 1 is 0.960 bits per heavy atom. The van der Waals surface area contributed by atoms with Crippen molar-refractivity contribution in [3.05, 3.63) is 58.6 Å². The third-order valence-electron chi connectivity index (χ3n) is 3.96. The SMILES string of the molecule is CCCCCCCOc1ccc(C(=O)Oc2ccc(C)c(Cl)c2)cc1. The van der Waals surface area contributed by atoms with Crippen LogP contribution >= 0.6 is 11.6 Å². The third kappa shape index (κ3) is 6.43. The lowest BCUT2D eigenvalue weighted by atomic mass is 10.2. The van der Waals surface area contributed by atoms with E-state index in [4.69, 9.17) is 21.1 Å². The van der Waals surface area contributed by atoms with E-state index in [0.29, 0.717) is 22.9 Å². The fourth-order valence-corrected chi connectivity index (χ4v) is 2.56. The zero-order valence-electron chi connectivity index (χ0n) is 14.9. The number of halogens is 1. The van der Waals surface area contributed by atoms with Gasteiger partial charge in [0.05, 0.1) is 12.2 Å². The number of esters is 1. The summed E-state index contributed by atoms with van der Waals surface area (Å²) < 4.78 is 11.0. The van der Waals surface area contributed by atoms with Crippen LogP contribution in [0, 0.1) is 6.92 Å². The molecule has 2 aromatic rings. The first-order chi connectivity index (χ1) is 12.1. The Bertz CT molecular complexity index is 680. The summed E-state index contributed by atoms with van der Waals surface area (Å²) in [6.45, 7) is 4.81. The summed E-state index contributed by atoms with van der Waals surface area (Å²) in [4.78, 5) is 12.2. The molecule has 0 amide bonds. The molecule has 0 atom stereocenters. The maximum Gasteiger partial charge on any atom is 0.343 e. The van der Waals surface area contributed by atoms with Gasteiger partial charge in [0, 0.05) is 5.02 Å². The van der Waals surface area contributed by atoms with Crippen molar-refractivity contribution in [3.8, 4) is 11.5 Å². The van der Waals surface area contributed by atoms with Gasteiger partial charge in [-0.3, -0.25) is 0 Å². The quantitative estimate of drug-likeness (QED) is 0.302. The van der Waals surface area contributed by atoms with Crippen LogP contribution in [-0.4, -0.2) is 12.6 Å². The fraction of sp³-hybridized carbons (Fsp3) is 0.381. The van der Waals surface area contributed by atoms with Gasteiger partial charge in [0.25, 0.3) is 0 Å². The number of hydrogen-bond donors (Lipinski definition) is 0. The first kappa shape index (κ1) is 19.3. The molecule has 4 heteroatoms. The number of unbranched alkanes of at least 4 members (excludes halogenated alkanes) is 4. The molecule has 2 aromatic carbocycles. The Morgan fingerprint density at radius 2 is 1.64 bits per heavy atom. The predicted octanol–water partition coefficient (Wildman–Crippen LogP) is 6.22. The average Bonchev–Trinajstić information content (AvgIpc) is 2.61. The Kier molecular flexibility index (Phi) is 7.80. The number of aryl methyl sites for hydroxylation is 1. The van der Waals surface area contributed by atoms with E-state index >= 15 is 0 Å². The lowest BCUT2D eigenvalue weighted by molar-refractivity contribution is 0.0734. The molecule has 0 fully saturated rings. The van der Waals surface area contributed by atoms with Gasteiger partial charge in [-0.25, -0.2) is 4.79 Å². The highest BCUT2D eigenvalue weighted by Gasteiger charge is 2.09. The van der Waals surface area contributed by atoms with Crippen LogP contribution in [0.15, 0.2) is 42.5 Å². The Labute approximate surface area is 154 Å². The second kappa shape index (κ2) is 10.1. The van der Waals surface area contributed by atoms with E-state index < -0.39 is 5.97 Å². The summed E-state index contributed by atoms with van der Waals surface area (Å²) in [6.07, 6.45) is 6.03. The van der Waals surface area contributed by atoms with Crippen molar-refractivity contribution < 1.29 is 14.3 Å². The number of hydrogen-bond acceptors (Lipinski definition) is 3. The molecule has 3 nitrogen and oxygen atoms in total. The molecule has 0 bridgehead atoms. The van der Waals surface area contributed by atoms with Crippen LogP contribution in [0.2, 0.25) is 5.02 Å². The molecular weight excluding hydrogens is 336 g/mol. The van der Waals surface area contributed by atoms with Crippen LogP contribution in [0.4, 0.5) is 0 Å². The van der Waals surface area contributed by atoms with Crippen LogP contribution in [-0.2, 0) is 0 Å². The van der Waals surface area contributed by atoms with Crippen LogP contribution in [0.3, 0.4) is 0 Å². The molecule has 0 spiro atoms. The van der Waals surface area contributed by atoms with Crippen molar-refractivity contribution in [2.75, 3.05) is 6.61 Å². The summed E-state index contributed by atoms with van der Waals surface area (Å²) in [6, 6.07) is 12.2. The molecule has 134 valence electrons. The van der Waals surface area contributed by atoms with E-state index in [-0.39, 0.29) is 0 Å². The molecule has 2 rings (SSSR count). The van der Waals surface area contributed by atoms with Gasteiger partial charge in [-0.2, -0.15) is 0 Å². The van der Waals surface area contributed by atoms with Crippen molar-refractivity contribution in [1.82, 2.24) is 0 Å². The van der Waals surface area contributed by atoms with E-state index in [9.17, 15) is 4.79 Å². The number of carbonyl (C=O) groups excluding carboxylic acids is 1. The Hall–Kier alpha value is -2.00. The van der Waals surface area contributed by atoms with Gasteiger partial charge in [-0.05, 0) is 55.3 Å². The molecule has 0 heterocycles. The highest BCUT2D eigenvalue weighted by atomic mass is 35.5. The van der Waals surface area contributed by atoms with Crippen LogP contribution in [0.5, 0.6) is 11.5 Å². The van der Waals surface area contributed by atoms with Crippen molar-refractivity contribution in [2.45, 2.75) is 46.0 Å².